The van der Waals surface area contributed by atoms with Crippen LogP contribution in [0.15, 0.2) is 47.4 Å². The summed E-state index contributed by atoms with van der Waals surface area (Å²) in [7, 11) is -3.93. The fourth-order valence-electron chi connectivity index (χ4n) is 3.01. The van der Waals surface area contributed by atoms with E-state index in [1.54, 1.807) is 26.0 Å². The van der Waals surface area contributed by atoms with Gasteiger partial charge >= 0.3 is 0 Å². The number of nitrogens with one attached hydrogen (secondary N) is 1. The molecule has 1 aliphatic rings. The van der Waals surface area contributed by atoms with Crippen LogP contribution in [0.2, 0.25) is 0 Å². The molecule has 27 heavy (non-hydrogen) atoms. The number of nitrogen functional groups attached to an aromatic ring is 1. The number of carbonyl (C=O) groups excluding carboxylic acids is 2. The molecule has 0 radical (unpaired) electrons. The van der Waals surface area contributed by atoms with Gasteiger partial charge in [-0.25, -0.2) is 12.7 Å². The quantitative estimate of drug-likeness (QED) is 0.760. The van der Waals surface area contributed by atoms with E-state index in [1.807, 2.05) is 12.1 Å². The van der Waals surface area contributed by atoms with E-state index >= 15 is 0 Å². The SMILES string of the molecule is CC(C)N1C(=O)c2ccc(C(=O)NCCc3ccc(N)cc3)cc2S1(=O)=O. The number of rotatable bonds is 5. The average molecular weight is 387 g/mol. The van der Waals surface area contributed by atoms with Crippen LogP contribution < -0.4 is 11.1 Å². The Morgan fingerprint density at radius 1 is 1.15 bits per heavy atom. The number of nitrogens with two attached hydrogens (primary N) is 1. The molecule has 0 spiro atoms. The minimum atomic E-state index is -3.93. The van der Waals surface area contributed by atoms with Crippen molar-refractivity contribution in [2.24, 2.45) is 0 Å². The summed E-state index contributed by atoms with van der Waals surface area (Å²) in [5.74, 6) is -0.950. The molecule has 0 aromatic heterocycles. The first-order valence-corrected chi connectivity index (χ1v) is 10.0. The van der Waals surface area contributed by atoms with Crippen LogP contribution in [0.4, 0.5) is 5.69 Å². The van der Waals surface area contributed by atoms with E-state index in [1.165, 1.54) is 18.2 Å². The van der Waals surface area contributed by atoms with Crippen molar-refractivity contribution in [3.63, 3.8) is 0 Å². The largest absolute Gasteiger partial charge is 0.399 e. The number of carbonyl (C=O) groups is 2. The molecule has 7 nitrogen and oxygen atoms in total. The van der Waals surface area contributed by atoms with Crippen LogP contribution in [0.5, 0.6) is 0 Å². The van der Waals surface area contributed by atoms with Crippen molar-refractivity contribution in [2.45, 2.75) is 31.2 Å². The second-order valence-corrected chi connectivity index (χ2v) is 8.44. The van der Waals surface area contributed by atoms with Gasteiger partial charge in [-0.3, -0.25) is 9.59 Å². The van der Waals surface area contributed by atoms with Gasteiger partial charge in [-0.05, 0) is 56.2 Å². The van der Waals surface area contributed by atoms with Crippen molar-refractivity contribution in [3.8, 4) is 0 Å². The maximum atomic E-state index is 12.6. The lowest BCUT2D eigenvalue weighted by Crippen LogP contribution is -2.36. The van der Waals surface area contributed by atoms with Gasteiger partial charge < -0.3 is 11.1 Å². The first kappa shape index (κ1) is 18.9. The molecular formula is C19H21N3O4S. The van der Waals surface area contributed by atoms with Crippen LogP contribution in [0, 0.1) is 0 Å². The Balaban J connectivity index is 1.74. The minimum absolute atomic E-state index is 0.0992. The number of anilines is 1. The fraction of sp³-hybridized carbons (Fsp3) is 0.263. The van der Waals surface area contributed by atoms with Gasteiger partial charge in [0.15, 0.2) is 0 Å². The topological polar surface area (TPSA) is 110 Å². The van der Waals surface area contributed by atoms with E-state index in [-0.39, 0.29) is 21.9 Å². The lowest BCUT2D eigenvalue weighted by atomic mass is 10.1. The van der Waals surface area contributed by atoms with Gasteiger partial charge in [0.25, 0.3) is 21.8 Å². The summed E-state index contributed by atoms with van der Waals surface area (Å²) in [5, 5.41) is 2.76. The number of sulfonamides is 1. The highest BCUT2D eigenvalue weighted by atomic mass is 32.2. The average Bonchev–Trinajstić information content (AvgIpc) is 2.82. The molecule has 1 aliphatic heterocycles. The van der Waals surface area contributed by atoms with E-state index in [9.17, 15) is 18.0 Å². The third kappa shape index (κ3) is 3.52. The standard InChI is InChI=1S/C19H21N3O4S/c1-12(2)22-19(24)16-8-5-14(11-17(16)27(22,25)26)18(23)21-10-9-13-3-6-15(20)7-4-13/h3-8,11-12H,9-10,20H2,1-2H3,(H,21,23). The smallest absolute Gasteiger partial charge is 0.269 e. The van der Waals surface area contributed by atoms with Crippen molar-refractivity contribution < 1.29 is 18.0 Å². The van der Waals surface area contributed by atoms with Gasteiger partial charge in [0.2, 0.25) is 0 Å². The van der Waals surface area contributed by atoms with Crippen LogP contribution in [-0.2, 0) is 16.4 Å². The molecule has 8 heteroatoms. The van der Waals surface area contributed by atoms with E-state index in [0.29, 0.717) is 18.7 Å². The summed E-state index contributed by atoms with van der Waals surface area (Å²) in [6, 6.07) is 11.0. The lowest BCUT2D eigenvalue weighted by Gasteiger charge is -2.18. The Morgan fingerprint density at radius 3 is 2.44 bits per heavy atom. The third-order valence-electron chi connectivity index (χ3n) is 4.36. The number of nitrogens with zero attached hydrogens (tertiary/aromatic N) is 1. The molecule has 2 aromatic carbocycles. The Labute approximate surface area is 158 Å². The first-order valence-electron chi connectivity index (χ1n) is 8.57. The predicted molar refractivity (Wildman–Crippen MR) is 102 cm³/mol. The van der Waals surface area contributed by atoms with E-state index in [4.69, 9.17) is 5.73 Å². The monoisotopic (exact) mass is 387 g/mol. The molecule has 0 atom stereocenters. The van der Waals surface area contributed by atoms with Gasteiger partial charge in [-0.2, -0.15) is 0 Å². The van der Waals surface area contributed by atoms with Crippen LogP contribution in [-0.4, -0.2) is 37.1 Å². The van der Waals surface area contributed by atoms with E-state index < -0.39 is 22.0 Å². The van der Waals surface area contributed by atoms with Crippen molar-refractivity contribution in [1.82, 2.24) is 9.62 Å². The molecule has 0 saturated carbocycles. The summed E-state index contributed by atoms with van der Waals surface area (Å²) in [6.07, 6.45) is 0.620. The molecule has 1 heterocycles. The van der Waals surface area contributed by atoms with Gasteiger partial charge in [0.1, 0.15) is 4.90 Å². The molecule has 142 valence electrons. The van der Waals surface area contributed by atoms with Crippen LogP contribution in [0.1, 0.15) is 40.1 Å². The lowest BCUT2D eigenvalue weighted by molar-refractivity contribution is 0.0845. The Kier molecular flexibility index (Phi) is 4.93. The van der Waals surface area contributed by atoms with E-state index in [2.05, 4.69) is 5.32 Å². The summed E-state index contributed by atoms with van der Waals surface area (Å²) in [5.41, 5.74) is 7.64. The van der Waals surface area contributed by atoms with Gasteiger partial charge in [0, 0.05) is 23.8 Å². The van der Waals surface area contributed by atoms with Crippen LogP contribution in [0.25, 0.3) is 0 Å². The van der Waals surface area contributed by atoms with Gasteiger partial charge in [-0.15, -0.1) is 0 Å². The summed E-state index contributed by atoms with van der Waals surface area (Å²) >= 11 is 0. The highest BCUT2D eigenvalue weighted by Gasteiger charge is 2.42. The van der Waals surface area contributed by atoms with E-state index in [0.717, 1.165) is 9.87 Å². The highest BCUT2D eigenvalue weighted by Crippen LogP contribution is 2.32. The molecule has 0 aliphatic carbocycles. The first-order chi connectivity index (χ1) is 12.7. The van der Waals surface area contributed by atoms with Crippen LogP contribution >= 0.6 is 0 Å². The van der Waals surface area contributed by atoms with Crippen molar-refractivity contribution in [1.29, 1.82) is 0 Å². The molecule has 3 N–H and O–H groups in total. The number of hydrogen-bond donors (Lipinski definition) is 2. The Morgan fingerprint density at radius 2 is 1.81 bits per heavy atom. The normalized spacial score (nSPS) is 15.1. The molecule has 3 rings (SSSR count). The molecule has 2 aromatic rings. The molecule has 0 bridgehead atoms. The number of fused-ring (bicyclic) bond motifs is 1. The number of amides is 2. The predicted octanol–water partition coefficient (Wildman–Crippen LogP) is 1.79. The maximum absolute atomic E-state index is 12.6. The Bertz CT molecular complexity index is 998. The summed E-state index contributed by atoms with van der Waals surface area (Å²) in [6.45, 7) is 3.65. The van der Waals surface area contributed by atoms with Gasteiger partial charge in [-0.1, -0.05) is 12.1 Å². The zero-order valence-corrected chi connectivity index (χ0v) is 15.9. The third-order valence-corrected chi connectivity index (χ3v) is 6.36. The second-order valence-electron chi connectivity index (χ2n) is 6.66. The number of hydrogen-bond acceptors (Lipinski definition) is 5. The fourth-order valence-corrected chi connectivity index (χ4v) is 4.80. The number of benzene rings is 2. The summed E-state index contributed by atoms with van der Waals surface area (Å²) < 4.78 is 26.0. The highest BCUT2D eigenvalue weighted by molar-refractivity contribution is 7.90. The van der Waals surface area contributed by atoms with Crippen molar-refractivity contribution in [3.05, 3.63) is 59.2 Å². The minimum Gasteiger partial charge on any atom is -0.399 e. The molecule has 0 fully saturated rings. The summed E-state index contributed by atoms with van der Waals surface area (Å²) in [4.78, 5) is 24.6. The Hall–Kier alpha value is -2.87. The second kappa shape index (κ2) is 7.03. The van der Waals surface area contributed by atoms with Crippen LogP contribution in [0.3, 0.4) is 0 Å². The zero-order valence-electron chi connectivity index (χ0n) is 15.1. The molecule has 0 unspecified atom stereocenters. The van der Waals surface area contributed by atoms with Crippen molar-refractivity contribution >= 4 is 27.5 Å². The molecule has 2 amide bonds. The maximum Gasteiger partial charge on any atom is 0.269 e. The molecular weight excluding hydrogens is 366 g/mol. The molecule has 0 saturated heterocycles. The zero-order chi connectivity index (χ0) is 19.8. The van der Waals surface area contributed by atoms with Crippen molar-refractivity contribution in [2.75, 3.05) is 12.3 Å². The van der Waals surface area contributed by atoms with Gasteiger partial charge in [0.05, 0.1) is 5.56 Å².